The number of ether oxygens (including phenoxy) is 1. The number of aliphatic hydroxyl groups is 1. The highest BCUT2D eigenvalue weighted by Crippen LogP contribution is 2.27. The molecular weight excluding hydrogens is 528 g/mol. The number of methoxy groups -OCH3 is 1. The van der Waals surface area contributed by atoms with Crippen molar-refractivity contribution in [3.63, 3.8) is 0 Å². The maximum atomic E-state index is 13.5. The van der Waals surface area contributed by atoms with E-state index in [0.717, 1.165) is 23.2 Å². The fourth-order valence-electron chi connectivity index (χ4n) is 4.85. The standard InChI is InChI=1S/C31H37ClN4O4/c1-3-34-24-16-23(17-25(18-24)36-13-7-10-30(36)38)31(39)35-27(15-21-8-5-4-6-9-21)28(37)20-33-19-22-11-12-29(40-2)26(32)14-22/h4-6,8-9,11-12,14,16-18,27-28,33-34,37H,3,7,10,13,15,19-20H2,1-2H3,(H,35,39)/t27-,28-/m0/s1. The fourth-order valence-corrected chi connectivity index (χ4v) is 5.14. The van der Waals surface area contributed by atoms with Crippen LogP contribution >= 0.6 is 11.6 Å². The van der Waals surface area contributed by atoms with E-state index in [1.807, 2.05) is 55.5 Å². The summed E-state index contributed by atoms with van der Waals surface area (Å²) in [5, 5.41) is 21.3. The van der Waals surface area contributed by atoms with Gasteiger partial charge in [0.15, 0.2) is 0 Å². The maximum absolute atomic E-state index is 13.5. The minimum Gasteiger partial charge on any atom is -0.495 e. The molecule has 3 aromatic carbocycles. The van der Waals surface area contributed by atoms with Crippen molar-refractivity contribution in [2.75, 3.05) is 37.0 Å². The van der Waals surface area contributed by atoms with Crippen LogP contribution in [0.5, 0.6) is 5.75 Å². The summed E-state index contributed by atoms with van der Waals surface area (Å²) in [7, 11) is 1.57. The highest BCUT2D eigenvalue weighted by atomic mass is 35.5. The normalized spacial score (nSPS) is 14.6. The lowest BCUT2D eigenvalue weighted by Gasteiger charge is -2.25. The van der Waals surface area contributed by atoms with E-state index in [-0.39, 0.29) is 18.4 Å². The zero-order chi connectivity index (χ0) is 28.5. The van der Waals surface area contributed by atoms with Gasteiger partial charge in [-0.2, -0.15) is 0 Å². The fraction of sp³-hybridized carbons (Fsp3) is 0.355. The Labute approximate surface area is 240 Å². The van der Waals surface area contributed by atoms with Crippen LogP contribution < -0.4 is 25.6 Å². The molecule has 2 atom stereocenters. The number of hydrogen-bond donors (Lipinski definition) is 4. The van der Waals surface area contributed by atoms with Crippen LogP contribution in [-0.4, -0.2) is 55.8 Å². The van der Waals surface area contributed by atoms with Gasteiger partial charge in [-0.1, -0.05) is 48.0 Å². The number of halogens is 1. The third-order valence-electron chi connectivity index (χ3n) is 6.92. The monoisotopic (exact) mass is 564 g/mol. The van der Waals surface area contributed by atoms with E-state index in [2.05, 4.69) is 16.0 Å². The summed E-state index contributed by atoms with van der Waals surface area (Å²) in [5.41, 5.74) is 3.85. The van der Waals surface area contributed by atoms with Crippen LogP contribution in [0.4, 0.5) is 11.4 Å². The number of benzene rings is 3. The number of aliphatic hydroxyl groups excluding tert-OH is 1. The van der Waals surface area contributed by atoms with Gasteiger partial charge in [-0.15, -0.1) is 0 Å². The molecule has 0 unspecified atom stereocenters. The van der Waals surface area contributed by atoms with Gasteiger partial charge < -0.3 is 30.7 Å². The largest absolute Gasteiger partial charge is 0.495 e. The molecular formula is C31H37ClN4O4. The highest BCUT2D eigenvalue weighted by molar-refractivity contribution is 6.32. The Kier molecular flexibility index (Phi) is 10.4. The van der Waals surface area contributed by atoms with Gasteiger partial charge in [0.05, 0.1) is 24.3 Å². The molecule has 0 aromatic heterocycles. The molecule has 1 aliphatic heterocycles. The van der Waals surface area contributed by atoms with Crippen LogP contribution in [0.15, 0.2) is 66.7 Å². The second-order valence-corrected chi connectivity index (χ2v) is 10.3. The van der Waals surface area contributed by atoms with Crippen molar-refractivity contribution in [1.29, 1.82) is 0 Å². The lowest BCUT2D eigenvalue weighted by atomic mass is 10.00. The Bertz CT molecular complexity index is 1300. The molecule has 0 spiro atoms. The third kappa shape index (κ3) is 7.75. The van der Waals surface area contributed by atoms with Crippen molar-refractivity contribution in [3.05, 3.63) is 88.4 Å². The summed E-state index contributed by atoms with van der Waals surface area (Å²) in [6.07, 6.45) is 0.893. The van der Waals surface area contributed by atoms with Crippen LogP contribution in [0.1, 0.15) is 41.3 Å². The smallest absolute Gasteiger partial charge is 0.251 e. The van der Waals surface area contributed by atoms with Crippen molar-refractivity contribution >= 4 is 34.8 Å². The first-order valence-electron chi connectivity index (χ1n) is 13.6. The van der Waals surface area contributed by atoms with Crippen LogP contribution in [0.25, 0.3) is 0 Å². The van der Waals surface area contributed by atoms with E-state index in [4.69, 9.17) is 16.3 Å². The van der Waals surface area contributed by atoms with E-state index in [9.17, 15) is 14.7 Å². The van der Waals surface area contributed by atoms with Gasteiger partial charge in [-0.3, -0.25) is 9.59 Å². The average molecular weight is 565 g/mol. The highest BCUT2D eigenvalue weighted by Gasteiger charge is 2.26. The maximum Gasteiger partial charge on any atom is 0.251 e. The SMILES string of the molecule is CCNc1cc(C(=O)N[C@@H](Cc2ccccc2)[C@@H](O)CNCc2ccc(OC)c(Cl)c2)cc(N2CCCC2=O)c1. The summed E-state index contributed by atoms with van der Waals surface area (Å²) in [6, 6.07) is 20.2. The molecule has 1 heterocycles. The molecule has 8 nitrogen and oxygen atoms in total. The summed E-state index contributed by atoms with van der Waals surface area (Å²) in [4.78, 5) is 27.7. The number of rotatable bonds is 13. The number of amides is 2. The molecule has 9 heteroatoms. The molecule has 1 fully saturated rings. The Hall–Kier alpha value is -3.59. The van der Waals surface area contributed by atoms with Crippen LogP contribution in [0.2, 0.25) is 5.02 Å². The molecule has 1 aliphatic rings. The zero-order valence-corrected chi connectivity index (χ0v) is 23.7. The summed E-state index contributed by atoms with van der Waals surface area (Å²) < 4.78 is 5.21. The number of nitrogens with one attached hydrogen (secondary N) is 3. The van der Waals surface area contributed by atoms with Crippen molar-refractivity contribution in [1.82, 2.24) is 10.6 Å². The second kappa shape index (κ2) is 14.2. The molecule has 4 rings (SSSR count). The molecule has 1 saturated heterocycles. The minimum absolute atomic E-state index is 0.0570. The van der Waals surface area contributed by atoms with Gasteiger partial charge in [-0.05, 0) is 61.2 Å². The van der Waals surface area contributed by atoms with Crippen LogP contribution in [0, 0.1) is 0 Å². The number of nitrogens with zero attached hydrogens (tertiary/aromatic N) is 1. The van der Waals surface area contributed by atoms with Crippen molar-refractivity contribution in [2.45, 2.75) is 44.9 Å². The Morgan fingerprint density at radius 2 is 1.90 bits per heavy atom. The van der Waals surface area contributed by atoms with E-state index in [1.165, 1.54) is 0 Å². The molecule has 2 amide bonds. The number of anilines is 2. The summed E-state index contributed by atoms with van der Waals surface area (Å²) >= 11 is 6.24. The zero-order valence-electron chi connectivity index (χ0n) is 23.0. The topological polar surface area (TPSA) is 103 Å². The Balaban J connectivity index is 1.49. The van der Waals surface area contributed by atoms with E-state index in [0.29, 0.717) is 54.5 Å². The van der Waals surface area contributed by atoms with Gasteiger partial charge >= 0.3 is 0 Å². The molecule has 0 saturated carbocycles. The lowest BCUT2D eigenvalue weighted by molar-refractivity contribution is -0.117. The minimum atomic E-state index is -0.866. The number of carbonyl (C=O) groups excluding carboxylic acids is 2. The summed E-state index contributed by atoms with van der Waals surface area (Å²) in [6.45, 7) is 4.04. The first-order chi connectivity index (χ1) is 19.4. The van der Waals surface area contributed by atoms with Crippen LogP contribution in [-0.2, 0) is 17.8 Å². The average Bonchev–Trinajstić information content (AvgIpc) is 3.39. The predicted molar refractivity (Wildman–Crippen MR) is 159 cm³/mol. The molecule has 0 bridgehead atoms. The first-order valence-corrected chi connectivity index (χ1v) is 14.0. The molecule has 0 aliphatic carbocycles. The molecule has 40 heavy (non-hydrogen) atoms. The third-order valence-corrected chi connectivity index (χ3v) is 7.22. The number of carbonyl (C=O) groups is 2. The van der Waals surface area contributed by atoms with Gasteiger partial charge in [0.25, 0.3) is 5.91 Å². The predicted octanol–water partition coefficient (Wildman–Crippen LogP) is 4.40. The van der Waals surface area contributed by atoms with E-state index < -0.39 is 12.1 Å². The second-order valence-electron chi connectivity index (χ2n) is 9.88. The first kappa shape index (κ1) is 29.4. The quantitative estimate of drug-likeness (QED) is 0.245. The molecule has 3 aromatic rings. The Morgan fingerprint density at radius 3 is 2.58 bits per heavy atom. The lowest BCUT2D eigenvalue weighted by Crippen LogP contribution is -2.48. The van der Waals surface area contributed by atoms with Gasteiger partial charge in [0.1, 0.15) is 5.75 Å². The van der Waals surface area contributed by atoms with E-state index >= 15 is 0 Å². The van der Waals surface area contributed by atoms with Crippen molar-refractivity contribution in [3.8, 4) is 5.75 Å². The van der Waals surface area contributed by atoms with Crippen LogP contribution in [0.3, 0.4) is 0 Å². The van der Waals surface area contributed by atoms with Crippen molar-refractivity contribution in [2.24, 2.45) is 0 Å². The summed E-state index contributed by atoms with van der Waals surface area (Å²) in [5.74, 6) is 0.350. The van der Waals surface area contributed by atoms with Gasteiger partial charge in [0, 0.05) is 49.5 Å². The Morgan fingerprint density at radius 1 is 1.10 bits per heavy atom. The van der Waals surface area contributed by atoms with Gasteiger partial charge in [-0.25, -0.2) is 0 Å². The van der Waals surface area contributed by atoms with Gasteiger partial charge in [0.2, 0.25) is 5.91 Å². The molecule has 4 N–H and O–H groups in total. The molecule has 0 radical (unpaired) electrons. The molecule has 212 valence electrons. The van der Waals surface area contributed by atoms with Crippen molar-refractivity contribution < 1.29 is 19.4 Å². The number of hydrogen-bond acceptors (Lipinski definition) is 6. The van der Waals surface area contributed by atoms with E-state index in [1.54, 1.807) is 30.2 Å².